The summed E-state index contributed by atoms with van der Waals surface area (Å²) in [5.41, 5.74) is 2.16. The Balaban J connectivity index is 1.99. The number of carbonyl (C=O) groups excluding carboxylic acids is 2. The number of benzene rings is 1. The highest BCUT2D eigenvalue weighted by atomic mass is 16.5. The van der Waals surface area contributed by atoms with Gasteiger partial charge in [0.1, 0.15) is 5.57 Å². The molecular formula is C20H25N3O3. The van der Waals surface area contributed by atoms with Gasteiger partial charge in [0.05, 0.1) is 6.61 Å². The minimum absolute atomic E-state index is 0.221. The first-order valence-corrected chi connectivity index (χ1v) is 8.96. The van der Waals surface area contributed by atoms with E-state index in [9.17, 15) is 9.59 Å². The molecule has 0 unspecified atom stereocenters. The molecule has 0 bridgehead atoms. The summed E-state index contributed by atoms with van der Waals surface area (Å²) in [6, 6.07) is 7.98. The van der Waals surface area contributed by atoms with E-state index in [0.717, 1.165) is 29.3 Å². The third-order valence-electron chi connectivity index (χ3n) is 4.73. The monoisotopic (exact) mass is 355 g/mol. The van der Waals surface area contributed by atoms with Crippen LogP contribution in [-0.2, 0) is 20.9 Å². The fourth-order valence-corrected chi connectivity index (χ4v) is 3.25. The highest BCUT2D eigenvalue weighted by Crippen LogP contribution is 2.27. The number of hydrogen-bond donors (Lipinski definition) is 0. The van der Waals surface area contributed by atoms with Crippen molar-refractivity contribution in [3.63, 3.8) is 0 Å². The largest absolute Gasteiger partial charge is 0.383 e. The lowest BCUT2D eigenvalue weighted by molar-refractivity contribution is -0.143. The molecule has 0 spiro atoms. The minimum Gasteiger partial charge on any atom is -0.383 e. The van der Waals surface area contributed by atoms with Gasteiger partial charge in [0.15, 0.2) is 0 Å². The van der Waals surface area contributed by atoms with Crippen molar-refractivity contribution in [3.05, 3.63) is 41.6 Å². The number of nitrogens with zero attached hydrogens (tertiary/aromatic N) is 3. The van der Waals surface area contributed by atoms with Crippen LogP contribution in [-0.4, -0.2) is 53.7 Å². The lowest BCUT2D eigenvalue weighted by Gasteiger charge is -2.22. The highest BCUT2D eigenvalue weighted by molar-refractivity contribution is 6.25. The third kappa shape index (κ3) is 3.24. The van der Waals surface area contributed by atoms with Gasteiger partial charge in [-0.15, -0.1) is 0 Å². The van der Waals surface area contributed by atoms with Gasteiger partial charge < -0.3 is 9.30 Å². The first-order chi connectivity index (χ1) is 12.6. The van der Waals surface area contributed by atoms with Gasteiger partial charge >= 0.3 is 0 Å². The van der Waals surface area contributed by atoms with E-state index in [2.05, 4.69) is 11.5 Å². The molecule has 2 amide bonds. The second-order valence-electron chi connectivity index (χ2n) is 6.46. The van der Waals surface area contributed by atoms with Gasteiger partial charge in [-0.1, -0.05) is 31.5 Å². The van der Waals surface area contributed by atoms with E-state index in [0.29, 0.717) is 19.7 Å². The van der Waals surface area contributed by atoms with Crippen molar-refractivity contribution in [1.29, 1.82) is 0 Å². The molecule has 2 aromatic rings. The van der Waals surface area contributed by atoms with E-state index in [1.165, 1.54) is 10.0 Å². The Bertz CT molecular complexity index is 853. The molecule has 6 nitrogen and oxygen atoms in total. The lowest BCUT2D eigenvalue weighted by atomic mass is 10.1. The van der Waals surface area contributed by atoms with Crippen LogP contribution >= 0.6 is 0 Å². The molecule has 0 radical (unpaired) electrons. The zero-order chi connectivity index (χ0) is 18.7. The summed E-state index contributed by atoms with van der Waals surface area (Å²) >= 11 is 0. The van der Waals surface area contributed by atoms with Crippen LogP contribution in [0.2, 0.25) is 0 Å². The number of hydrazine groups is 1. The standard InChI is InChI=1S/C20H25N3O3/c1-4-5-10-23-20(25)17(19(24)21(23)2)13-15-14-22(11-12-26-3)18-9-7-6-8-16(15)18/h6-9,13-14H,4-5,10-12H2,1-3H3/b17-13+. The van der Waals surface area contributed by atoms with E-state index in [-0.39, 0.29) is 17.4 Å². The van der Waals surface area contributed by atoms with Crippen molar-refractivity contribution in [3.8, 4) is 0 Å². The molecule has 0 aliphatic carbocycles. The van der Waals surface area contributed by atoms with Gasteiger partial charge in [-0.05, 0) is 18.6 Å². The van der Waals surface area contributed by atoms with Crippen molar-refractivity contribution in [2.45, 2.75) is 26.3 Å². The Kier molecular flexibility index (Phi) is 5.42. The van der Waals surface area contributed by atoms with Crippen molar-refractivity contribution >= 4 is 28.8 Å². The van der Waals surface area contributed by atoms with Crippen LogP contribution in [0, 0.1) is 0 Å². The smallest absolute Gasteiger partial charge is 0.278 e. The number of aromatic nitrogens is 1. The van der Waals surface area contributed by atoms with Gasteiger partial charge in [0, 0.05) is 49.9 Å². The maximum atomic E-state index is 12.7. The number of ether oxygens (including phenoxy) is 1. The molecule has 0 atom stereocenters. The van der Waals surface area contributed by atoms with Crippen LogP contribution in [0.4, 0.5) is 0 Å². The fraction of sp³-hybridized carbons (Fsp3) is 0.400. The molecule has 1 aromatic carbocycles. The first-order valence-electron chi connectivity index (χ1n) is 8.96. The SMILES string of the molecule is CCCCN1C(=O)/C(=C/c2cn(CCOC)c3ccccc23)C(=O)N1C. The van der Waals surface area contributed by atoms with Crippen molar-refractivity contribution in [2.24, 2.45) is 0 Å². The molecule has 1 aliphatic rings. The molecule has 0 saturated carbocycles. The molecule has 1 fully saturated rings. The summed E-state index contributed by atoms with van der Waals surface area (Å²) < 4.78 is 7.27. The van der Waals surface area contributed by atoms with Crippen LogP contribution in [0.15, 0.2) is 36.0 Å². The zero-order valence-corrected chi connectivity index (χ0v) is 15.6. The van der Waals surface area contributed by atoms with Gasteiger partial charge in [-0.3, -0.25) is 14.6 Å². The van der Waals surface area contributed by atoms with Crippen molar-refractivity contribution in [1.82, 2.24) is 14.6 Å². The molecule has 0 N–H and O–H groups in total. The van der Waals surface area contributed by atoms with Gasteiger partial charge in [-0.2, -0.15) is 0 Å². The summed E-state index contributed by atoms with van der Waals surface area (Å²) in [5, 5.41) is 3.97. The summed E-state index contributed by atoms with van der Waals surface area (Å²) in [5.74, 6) is -0.473. The average molecular weight is 355 g/mol. The Morgan fingerprint density at radius 1 is 1.12 bits per heavy atom. The third-order valence-corrected chi connectivity index (χ3v) is 4.73. The van der Waals surface area contributed by atoms with Crippen molar-refractivity contribution in [2.75, 3.05) is 27.3 Å². The van der Waals surface area contributed by atoms with E-state index in [1.54, 1.807) is 20.2 Å². The molecular weight excluding hydrogens is 330 g/mol. The molecule has 1 saturated heterocycles. The summed E-state index contributed by atoms with van der Waals surface area (Å²) in [6.45, 7) is 3.93. The molecule has 26 heavy (non-hydrogen) atoms. The number of rotatable bonds is 7. The van der Waals surface area contributed by atoms with E-state index < -0.39 is 0 Å². The molecule has 138 valence electrons. The maximum Gasteiger partial charge on any atom is 0.278 e. The number of para-hydroxylation sites is 1. The first kappa shape index (κ1) is 18.2. The van der Waals surface area contributed by atoms with Crippen LogP contribution in [0.1, 0.15) is 25.3 Å². The normalized spacial score (nSPS) is 16.5. The topological polar surface area (TPSA) is 54.8 Å². The second kappa shape index (κ2) is 7.74. The summed E-state index contributed by atoms with van der Waals surface area (Å²) in [7, 11) is 3.32. The maximum absolute atomic E-state index is 12.7. The van der Waals surface area contributed by atoms with Crippen LogP contribution in [0.25, 0.3) is 17.0 Å². The molecule has 2 heterocycles. The Hall–Kier alpha value is -2.60. The molecule has 6 heteroatoms. The van der Waals surface area contributed by atoms with Gasteiger partial charge in [-0.25, -0.2) is 5.01 Å². The number of carbonyl (C=O) groups is 2. The Morgan fingerprint density at radius 2 is 1.88 bits per heavy atom. The molecule has 1 aliphatic heterocycles. The average Bonchev–Trinajstić information content (AvgIpc) is 3.10. The van der Waals surface area contributed by atoms with Gasteiger partial charge in [0.2, 0.25) is 0 Å². The number of amides is 2. The van der Waals surface area contributed by atoms with Crippen molar-refractivity contribution < 1.29 is 14.3 Å². The number of fused-ring (bicyclic) bond motifs is 1. The quantitative estimate of drug-likeness (QED) is 0.567. The fourth-order valence-electron chi connectivity index (χ4n) is 3.25. The number of hydrogen-bond acceptors (Lipinski definition) is 3. The summed E-state index contributed by atoms with van der Waals surface area (Å²) in [4.78, 5) is 25.3. The lowest BCUT2D eigenvalue weighted by Crippen LogP contribution is -2.38. The molecule has 1 aromatic heterocycles. The predicted octanol–water partition coefficient (Wildman–Crippen LogP) is 2.69. The van der Waals surface area contributed by atoms with Crippen LogP contribution < -0.4 is 0 Å². The number of methoxy groups -OCH3 is 1. The van der Waals surface area contributed by atoms with Gasteiger partial charge in [0.25, 0.3) is 11.8 Å². The zero-order valence-electron chi connectivity index (χ0n) is 15.6. The number of unbranched alkanes of at least 4 members (excludes halogenated alkanes) is 1. The number of likely N-dealkylation sites (N-methyl/N-ethyl adjacent to an activating group) is 1. The van der Waals surface area contributed by atoms with E-state index >= 15 is 0 Å². The van der Waals surface area contributed by atoms with E-state index in [4.69, 9.17) is 4.74 Å². The summed E-state index contributed by atoms with van der Waals surface area (Å²) in [6.07, 6.45) is 5.54. The minimum atomic E-state index is -0.250. The highest BCUT2D eigenvalue weighted by Gasteiger charge is 2.38. The Morgan fingerprint density at radius 3 is 2.62 bits per heavy atom. The van der Waals surface area contributed by atoms with Crippen LogP contribution in [0.5, 0.6) is 0 Å². The molecule has 3 rings (SSSR count). The second-order valence-corrected chi connectivity index (χ2v) is 6.46. The van der Waals surface area contributed by atoms with Crippen LogP contribution in [0.3, 0.4) is 0 Å². The predicted molar refractivity (Wildman–Crippen MR) is 101 cm³/mol. The van der Waals surface area contributed by atoms with E-state index in [1.807, 2.05) is 30.5 Å². The Labute approximate surface area is 153 Å².